The molecule has 0 unspecified atom stereocenters. The number of anilines is 1. The van der Waals surface area contributed by atoms with E-state index in [1.54, 1.807) is 25.4 Å². The Hall–Kier alpha value is -3.61. The number of hydrogen-bond acceptors (Lipinski definition) is 3. The number of H-pyrrole nitrogens is 1. The number of rotatable bonds is 3. The Bertz CT molecular complexity index is 1170. The number of carbonyl (C=O) groups is 1. The Morgan fingerprint density at radius 3 is 2.78 bits per heavy atom. The van der Waals surface area contributed by atoms with Gasteiger partial charge < -0.3 is 10.3 Å². The molecular weight excluding hydrogens is 350 g/mol. The SMILES string of the molecule is Cc1ccc(-c2c[nH]c3ncccc23)nc1C(=O)Nc1ccc(F)c(F)c1. The second kappa shape index (κ2) is 6.60. The smallest absolute Gasteiger partial charge is 0.274 e. The number of fused-ring (bicyclic) bond motifs is 1. The number of nitrogens with zero attached hydrogens (tertiary/aromatic N) is 2. The van der Waals surface area contributed by atoms with Crippen molar-refractivity contribution in [3.63, 3.8) is 0 Å². The first-order valence-corrected chi connectivity index (χ1v) is 8.19. The highest BCUT2D eigenvalue weighted by molar-refractivity contribution is 6.04. The van der Waals surface area contributed by atoms with E-state index in [0.29, 0.717) is 11.3 Å². The molecule has 1 aromatic carbocycles. The van der Waals surface area contributed by atoms with Crippen molar-refractivity contribution in [2.75, 3.05) is 5.32 Å². The first-order valence-electron chi connectivity index (χ1n) is 8.19. The highest BCUT2D eigenvalue weighted by Crippen LogP contribution is 2.27. The van der Waals surface area contributed by atoms with E-state index < -0.39 is 17.5 Å². The molecule has 134 valence electrons. The van der Waals surface area contributed by atoms with Crippen molar-refractivity contribution in [1.82, 2.24) is 15.0 Å². The number of aromatic amines is 1. The molecule has 1 amide bonds. The highest BCUT2D eigenvalue weighted by Gasteiger charge is 2.15. The topological polar surface area (TPSA) is 70.7 Å². The molecule has 3 heterocycles. The molecule has 27 heavy (non-hydrogen) atoms. The molecule has 0 aliphatic rings. The van der Waals surface area contributed by atoms with Crippen LogP contribution in [0.3, 0.4) is 0 Å². The summed E-state index contributed by atoms with van der Waals surface area (Å²) in [5.41, 5.74) is 3.17. The summed E-state index contributed by atoms with van der Waals surface area (Å²) < 4.78 is 26.4. The zero-order chi connectivity index (χ0) is 19.0. The van der Waals surface area contributed by atoms with Gasteiger partial charge >= 0.3 is 0 Å². The Labute approximate surface area is 153 Å². The van der Waals surface area contributed by atoms with Gasteiger partial charge in [-0.2, -0.15) is 0 Å². The lowest BCUT2D eigenvalue weighted by molar-refractivity contribution is 0.102. The molecule has 7 heteroatoms. The fourth-order valence-electron chi connectivity index (χ4n) is 2.84. The number of pyridine rings is 2. The minimum atomic E-state index is -1.03. The minimum Gasteiger partial charge on any atom is -0.345 e. The van der Waals surface area contributed by atoms with E-state index in [4.69, 9.17) is 0 Å². The van der Waals surface area contributed by atoms with Crippen LogP contribution in [0.25, 0.3) is 22.3 Å². The molecule has 2 N–H and O–H groups in total. The summed E-state index contributed by atoms with van der Waals surface area (Å²) in [7, 11) is 0. The summed E-state index contributed by atoms with van der Waals surface area (Å²) in [4.78, 5) is 24.4. The van der Waals surface area contributed by atoms with Gasteiger partial charge in [0.1, 0.15) is 11.3 Å². The number of hydrogen-bond donors (Lipinski definition) is 2. The van der Waals surface area contributed by atoms with E-state index in [0.717, 1.165) is 28.7 Å². The summed E-state index contributed by atoms with van der Waals surface area (Å²) in [5, 5.41) is 3.44. The van der Waals surface area contributed by atoms with Crippen LogP contribution in [-0.4, -0.2) is 20.9 Å². The van der Waals surface area contributed by atoms with Crippen molar-refractivity contribution >= 4 is 22.6 Å². The van der Waals surface area contributed by atoms with Crippen molar-refractivity contribution in [2.24, 2.45) is 0 Å². The average molecular weight is 364 g/mol. The third-order valence-electron chi connectivity index (χ3n) is 4.22. The molecule has 0 radical (unpaired) electrons. The van der Waals surface area contributed by atoms with Crippen LogP contribution in [0.4, 0.5) is 14.5 Å². The maximum atomic E-state index is 13.4. The third-order valence-corrected chi connectivity index (χ3v) is 4.22. The molecule has 4 rings (SSSR count). The molecule has 0 bridgehead atoms. The zero-order valence-electron chi connectivity index (χ0n) is 14.3. The number of amides is 1. The fourth-order valence-corrected chi connectivity index (χ4v) is 2.84. The van der Waals surface area contributed by atoms with Crippen LogP contribution in [0, 0.1) is 18.6 Å². The first kappa shape index (κ1) is 16.8. The minimum absolute atomic E-state index is 0.154. The molecule has 0 fully saturated rings. The van der Waals surface area contributed by atoms with Gasteiger partial charge in [0.25, 0.3) is 5.91 Å². The summed E-state index contributed by atoms with van der Waals surface area (Å²) in [6.07, 6.45) is 3.47. The van der Waals surface area contributed by atoms with E-state index >= 15 is 0 Å². The standard InChI is InChI=1S/C20H14F2N4O/c1-11-4-7-17(14-10-24-19-13(14)3-2-8-23-19)26-18(11)20(27)25-12-5-6-15(21)16(22)9-12/h2-10H,1H3,(H,23,24)(H,25,27). The summed E-state index contributed by atoms with van der Waals surface area (Å²) >= 11 is 0. The van der Waals surface area contributed by atoms with Crippen LogP contribution < -0.4 is 5.32 Å². The lowest BCUT2D eigenvalue weighted by Crippen LogP contribution is -2.16. The molecule has 0 saturated carbocycles. The van der Waals surface area contributed by atoms with Crippen LogP contribution in [0.1, 0.15) is 16.1 Å². The Kier molecular flexibility index (Phi) is 4.12. The molecule has 4 aromatic rings. The molecular formula is C20H14F2N4O. The Morgan fingerprint density at radius 2 is 1.96 bits per heavy atom. The van der Waals surface area contributed by atoms with Crippen molar-refractivity contribution in [1.29, 1.82) is 0 Å². The van der Waals surface area contributed by atoms with Gasteiger partial charge in [0.2, 0.25) is 0 Å². The lowest BCUT2D eigenvalue weighted by atomic mass is 10.1. The van der Waals surface area contributed by atoms with Gasteiger partial charge in [-0.25, -0.2) is 18.7 Å². The van der Waals surface area contributed by atoms with Crippen LogP contribution >= 0.6 is 0 Å². The maximum Gasteiger partial charge on any atom is 0.274 e. The van der Waals surface area contributed by atoms with Crippen LogP contribution in [0.2, 0.25) is 0 Å². The Balaban J connectivity index is 1.70. The van der Waals surface area contributed by atoms with Crippen molar-refractivity contribution in [3.05, 3.63) is 77.8 Å². The lowest BCUT2D eigenvalue weighted by Gasteiger charge is -2.09. The van der Waals surface area contributed by atoms with Crippen LogP contribution in [0.15, 0.2) is 54.9 Å². The van der Waals surface area contributed by atoms with Crippen molar-refractivity contribution in [2.45, 2.75) is 6.92 Å². The fraction of sp³-hybridized carbons (Fsp3) is 0.0500. The largest absolute Gasteiger partial charge is 0.345 e. The zero-order valence-corrected chi connectivity index (χ0v) is 14.3. The van der Waals surface area contributed by atoms with Gasteiger partial charge in [0.05, 0.1) is 5.69 Å². The Morgan fingerprint density at radius 1 is 1.11 bits per heavy atom. The van der Waals surface area contributed by atoms with Gasteiger partial charge in [-0.15, -0.1) is 0 Å². The number of aryl methyl sites for hydroxylation is 1. The number of halogens is 2. The summed E-state index contributed by atoms with van der Waals surface area (Å²) in [6, 6.07) is 10.5. The molecule has 0 aliphatic carbocycles. The van der Waals surface area contributed by atoms with Crippen molar-refractivity contribution in [3.8, 4) is 11.3 Å². The van der Waals surface area contributed by atoms with Gasteiger partial charge in [0.15, 0.2) is 11.6 Å². The van der Waals surface area contributed by atoms with Gasteiger partial charge in [0, 0.05) is 35.1 Å². The molecule has 0 spiro atoms. The van der Waals surface area contributed by atoms with Gasteiger partial charge in [-0.1, -0.05) is 6.07 Å². The molecule has 5 nitrogen and oxygen atoms in total. The van der Waals surface area contributed by atoms with Crippen LogP contribution in [0.5, 0.6) is 0 Å². The van der Waals surface area contributed by atoms with E-state index in [1.165, 1.54) is 6.07 Å². The maximum absolute atomic E-state index is 13.4. The van der Waals surface area contributed by atoms with E-state index in [2.05, 4.69) is 20.3 Å². The van der Waals surface area contributed by atoms with Crippen LogP contribution in [-0.2, 0) is 0 Å². The first-order chi connectivity index (χ1) is 13.0. The second-order valence-corrected chi connectivity index (χ2v) is 6.05. The average Bonchev–Trinajstić information content (AvgIpc) is 3.09. The van der Waals surface area contributed by atoms with E-state index in [-0.39, 0.29) is 11.4 Å². The second-order valence-electron chi connectivity index (χ2n) is 6.05. The third kappa shape index (κ3) is 3.15. The normalized spacial score (nSPS) is 10.9. The van der Waals surface area contributed by atoms with Gasteiger partial charge in [-0.3, -0.25) is 4.79 Å². The van der Waals surface area contributed by atoms with E-state index in [9.17, 15) is 13.6 Å². The molecule has 3 aromatic heterocycles. The highest BCUT2D eigenvalue weighted by atomic mass is 19.2. The molecule has 0 atom stereocenters. The molecule has 0 saturated heterocycles. The monoisotopic (exact) mass is 364 g/mol. The molecule has 0 aliphatic heterocycles. The summed E-state index contributed by atoms with van der Waals surface area (Å²) in [6.45, 7) is 1.76. The number of carbonyl (C=O) groups excluding carboxylic acids is 1. The van der Waals surface area contributed by atoms with Gasteiger partial charge in [-0.05, 0) is 42.8 Å². The quantitative estimate of drug-likeness (QED) is 0.564. The number of nitrogens with one attached hydrogen (secondary N) is 2. The van der Waals surface area contributed by atoms with Crippen molar-refractivity contribution < 1.29 is 13.6 Å². The number of aromatic nitrogens is 3. The predicted octanol–water partition coefficient (Wildman–Crippen LogP) is 4.46. The summed E-state index contributed by atoms with van der Waals surface area (Å²) in [5.74, 6) is -2.51. The number of benzene rings is 1. The van der Waals surface area contributed by atoms with E-state index in [1.807, 2.05) is 18.2 Å². The predicted molar refractivity (Wildman–Crippen MR) is 98.4 cm³/mol.